The van der Waals surface area contributed by atoms with Crippen molar-refractivity contribution >= 4 is 15.9 Å². The summed E-state index contributed by atoms with van der Waals surface area (Å²) in [4.78, 5) is 0. The van der Waals surface area contributed by atoms with Crippen LogP contribution in [0.2, 0.25) is 0 Å². The molecule has 0 saturated heterocycles. The molecule has 1 aromatic carbocycles. The first-order valence-electron chi connectivity index (χ1n) is 4.58. The Morgan fingerprint density at radius 3 is 2.31 bits per heavy atom. The normalized spacial score (nSPS) is 18.6. The van der Waals surface area contributed by atoms with Crippen molar-refractivity contribution in [2.45, 2.75) is 19.0 Å². The van der Waals surface area contributed by atoms with Crippen molar-refractivity contribution < 1.29 is 4.39 Å². The van der Waals surface area contributed by atoms with Crippen molar-refractivity contribution in [3.63, 3.8) is 0 Å². The summed E-state index contributed by atoms with van der Waals surface area (Å²) in [6.45, 7) is 0. The van der Waals surface area contributed by atoms with Crippen LogP contribution in [0.1, 0.15) is 11.1 Å². The van der Waals surface area contributed by atoms with Gasteiger partial charge in [0.05, 0.1) is 0 Å². The molecule has 70 valence electrons. The lowest BCUT2D eigenvalue weighted by molar-refractivity contribution is 0.263. The first-order chi connectivity index (χ1) is 6.31. The summed E-state index contributed by atoms with van der Waals surface area (Å²) in [5.74, 6) is 0.191. The Hall–Kier alpha value is -0.370. The zero-order valence-corrected chi connectivity index (χ0v) is 8.93. The van der Waals surface area contributed by atoms with E-state index in [1.54, 1.807) is 0 Å². The van der Waals surface area contributed by atoms with Gasteiger partial charge >= 0.3 is 0 Å². The molecule has 1 aliphatic carbocycles. The number of benzene rings is 1. The molecule has 0 N–H and O–H groups in total. The van der Waals surface area contributed by atoms with E-state index < -0.39 is 6.17 Å². The molecular formula is C11H12BrF. The maximum atomic E-state index is 13.4. The molecule has 0 saturated carbocycles. The number of alkyl halides is 2. The highest BCUT2D eigenvalue weighted by Gasteiger charge is 2.27. The standard InChI is InChI=1S/C11H12BrF/c12-7-11(13)10-5-8-3-1-2-4-9(8)6-10/h1-4,10-11H,5-7H2. The lowest BCUT2D eigenvalue weighted by atomic mass is 10.0. The van der Waals surface area contributed by atoms with Gasteiger partial charge in [-0.3, -0.25) is 0 Å². The van der Waals surface area contributed by atoms with Crippen molar-refractivity contribution in [2.24, 2.45) is 5.92 Å². The molecule has 0 aromatic heterocycles. The van der Waals surface area contributed by atoms with Crippen molar-refractivity contribution in [3.05, 3.63) is 35.4 Å². The molecule has 0 amide bonds. The summed E-state index contributed by atoms with van der Waals surface area (Å²) in [5, 5.41) is 0.464. The third-order valence-electron chi connectivity index (χ3n) is 2.74. The predicted molar refractivity (Wildman–Crippen MR) is 56.0 cm³/mol. The lowest BCUT2D eigenvalue weighted by Gasteiger charge is -2.11. The Morgan fingerprint density at radius 2 is 1.85 bits per heavy atom. The molecule has 1 unspecified atom stereocenters. The minimum absolute atomic E-state index is 0.191. The molecule has 1 aliphatic rings. The first-order valence-corrected chi connectivity index (χ1v) is 5.70. The van der Waals surface area contributed by atoms with E-state index in [1.807, 2.05) is 12.1 Å². The highest BCUT2D eigenvalue weighted by Crippen LogP contribution is 2.30. The van der Waals surface area contributed by atoms with Crippen LogP contribution in [0.5, 0.6) is 0 Å². The van der Waals surface area contributed by atoms with Crippen molar-refractivity contribution in [1.82, 2.24) is 0 Å². The van der Waals surface area contributed by atoms with Gasteiger partial charge in [0, 0.05) is 5.33 Å². The summed E-state index contributed by atoms with van der Waals surface area (Å²) < 4.78 is 13.4. The molecule has 0 fully saturated rings. The Kier molecular flexibility index (Phi) is 2.68. The lowest BCUT2D eigenvalue weighted by Crippen LogP contribution is -2.17. The van der Waals surface area contributed by atoms with Gasteiger partial charge in [-0.2, -0.15) is 0 Å². The van der Waals surface area contributed by atoms with Gasteiger partial charge in [0.2, 0.25) is 0 Å². The molecule has 2 rings (SSSR count). The maximum Gasteiger partial charge on any atom is 0.113 e. The molecule has 0 radical (unpaired) electrons. The van der Waals surface area contributed by atoms with Crippen LogP contribution in [0.25, 0.3) is 0 Å². The SMILES string of the molecule is FC(CBr)C1Cc2ccccc2C1. The van der Waals surface area contributed by atoms with Crippen LogP contribution in [-0.4, -0.2) is 11.5 Å². The summed E-state index contributed by atoms with van der Waals surface area (Å²) in [7, 11) is 0. The van der Waals surface area contributed by atoms with Gasteiger partial charge in [0.15, 0.2) is 0 Å². The fourth-order valence-corrected chi connectivity index (χ4v) is 2.50. The zero-order chi connectivity index (χ0) is 9.26. The molecule has 0 bridgehead atoms. The Balaban J connectivity index is 2.14. The first kappa shape index (κ1) is 9.20. The van der Waals surface area contributed by atoms with Gasteiger partial charge in [-0.15, -0.1) is 0 Å². The van der Waals surface area contributed by atoms with Gasteiger partial charge in [-0.25, -0.2) is 4.39 Å². The number of hydrogen-bond acceptors (Lipinski definition) is 0. The van der Waals surface area contributed by atoms with E-state index in [9.17, 15) is 4.39 Å². The number of rotatable bonds is 2. The van der Waals surface area contributed by atoms with Crippen molar-refractivity contribution in [3.8, 4) is 0 Å². The van der Waals surface area contributed by atoms with Crippen LogP contribution in [-0.2, 0) is 12.8 Å². The second-order valence-electron chi connectivity index (χ2n) is 3.61. The molecule has 1 aromatic rings. The van der Waals surface area contributed by atoms with Crippen LogP contribution < -0.4 is 0 Å². The van der Waals surface area contributed by atoms with E-state index in [2.05, 4.69) is 28.1 Å². The molecule has 2 heteroatoms. The second-order valence-corrected chi connectivity index (χ2v) is 4.25. The Labute approximate surface area is 86.3 Å². The Bertz CT molecular complexity index is 273. The number of fused-ring (bicyclic) bond motifs is 1. The smallest absolute Gasteiger partial charge is 0.113 e. The summed E-state index contributed by atoms with van der Waals surface area (Å²) in [6, 6.07) is 8.28. The van der Waals surface area contributed by atoms with E-state index in [4.69, 9.17) is 0 Å². The fourth-order valence-electron chi connectivity index (χ4n) is 1.97. The minimum Gasteiger partial charge on any atom is -0.246 e. The highest BCUT2D eigenvalue weighted by molar-refractivity contribution is 9.09. The Morgan fingerprint density at radius 1 is 1.31 bits per heavy atom. The molecular weight excluding hydrogens is 231 g/mol. The average Bonchev–Trinajstić information content (AvgIpc) is 2.59. The van der Waals surface area contributed by atoms with Gasteiger partial charge in [-0.05, 0) is 29.9 Å². The summed E-state index contributed by atoms with van der Waals surface area (Å²) >= 11 is 3.19. The summed E-state index contributed by atoms with van der Waals surface area (Å²) in [5.41, 5.74) is 2.66. The molecule has 0 heterocycles. The van der Waals surface area contributed by atoms with E-state index in [0.29, 0.717) is 5.33 Å². The van der Waals surface area contributed by atoms with Gasteiger partial charge < -0.3 is 0 Å². The van der Waals surface area contributed by atoms with Gasteiger partial charge in [-0.1, -0.05) is 40.2 Å². The van der Waals surface area contributed by atoms with Crippen LogP contribution in [0, 0.1) is 5.92 Å². The third-order valence-corrected chi connectivity index (χ3v) is 3.36. The summed E-state index contributed by atoms with van der Waals surface area (Å²) in [6.07, 6.45) is 1.11. The van der Waals surface area contributed by atoms with Crippen molar-refractivity contribution in [2.75, 3.05) is 5.33 Å². The molecule has 0 aliphatic heterocycles. The topological polar surface area (TPSA) is 0 Å². The van der Waals surface area contributed by atoms with Crippen LogP contribution in [0.15, 0.2) is 24.3 Å². The average molecular weight is 243 g/mol. The second kappa shape index (κ2) is 3.79. The molecule has 13 heavy (non-hydrogen) atoms. The van der Waals surface area contributed by atoms with Crippen LogP contribution in [0.4, 0.5) is 4.39 Å². The quantitative estimate of drug-likeness (QED) is 0.700. The van der Waals surface area contributed by atoms with E-state index >= 15 is 0 Å². The van der Waals surface area contributed by atoms with Gasteiger partial charge in [0.25, 0.3) is 0 Å². The zero-order valence-electron chi connectivity index (χ0n) is 7.34. The molecule has 0 spiro atoms. The predicted octanol–water partition coefficient (Wildman–Crippen LogP) is 3.13. The molecule has 1 atom stereocenters. The van der Waals surface area contributed by atoms with E-state index in [0.717, 1.165) is 12.8 Å². The van der Waals surface area contributed by atoms with Crippen LogP contribution in [0.3, 0.4) is 0 Å². The number of hydrogen-bond donors (Lipinski definition) is 0. The van der Waals surface area contributed by atoms with Crippen LogP contribution >= 0.6 is 15.9 Å². The van der Waals surface area contributed by atoms with E-state index in [1.165, 1.54) is 11.1 Å². The fraction of sp³-hybridized carbons (Fsp3) is 0.455. The van der Waals surface area contributed by atoms with Crippen molar-refractivity contribution in [1.29, 1.82) is 0 Å². The largest absolute Gasteiger partial charge is 0.246 e. The highest BCUT2D eigenvalue weighted by atomic mass is 79.9. The third kappa shape index (κ3) is 1.78. The monoisotopic (exact) mass is 242 g/mol. The van der Waals surface area contributed by atoms with Gasteiger partial charge in [0.1, 0.15) is 6.17 Å². The molecule has 0 nitrogen and oxygen atoms in total. The van der Waals surface area contributed by atoms with E-state index in [-0.39, 0.29) is 5.92 Å². The number of halogens is 2. The maximum absolute atomic E-state index is 13.4. The minimum atomic E-state index is -0.701.